The molecule has 2 aromatic rings. The van der Waals surface area contributed by atoms with Crippen LogP contribution >= 0.6 is 0 Å². The van der Waals surface area contributed by atoms with Crippen molar-refractivity contribution in [2.24, 2.45) is 0 Å². The van der Waals surface area contributed by atoms with Crippen molar-refractivity contribution >= 4 is 17.3 Å². The summed E-state index contributed by atoms with van der Waals surface area (Å²) in [6.07, 6.45) is 1.47. The molecule has 17 heavy (non-hydrogen) atoms. The zero-order chi connectivity index (χ0) is 12.3. The molecule has 0 aliphatic carbocycles. The first kappa shape index (κ1) is 11.1. The van der Waals surface area contributed by atoms with E-state index in [1.54, 1.807) is 6.07 Å². The molecule has 0 fully saturated rings. The van der Waals surface area contributed by atoms with Gasteiger partial charge in [0.05, 0.1) is 0 Å². The average Bonchev–Trinajstić information content (AvgIpc) is 2.29. The number of aromatic carboxylic acids is 1. The smallest absolute Gasteiger partial charge is 0.354 e. The van der Waals surface area contributed by atoms with Crippen LogP contribution in [0.2, 0.25) is 0 Å². The number of aromatic nitrogens is 1. The Morgan fingerprint density at radius 2 is 2.00 bits per heavy atom. The maximum absolute atomic E-state index is 10.8. The molecule has 1 aromatic carbocycles. The van der Waals surface area contributed by atoms with Crippen molar-refractivity contribution in [3.05, 3.63) is 53.9 Å². The Morgan fingerprint density at radius 3 is 2.71 bits per heavy atom. The van der Waals surface area contributed by atoms with Gasteiger partial charge in [-0.05, 0) is 36.8 Å². The summed E-state index contributed by atoms with van der Waals surface area (Å²) in [7, 11) is 0. The van der Waals surface area contributed by atoms with Crippen molar-refractivity contribution in [1.82, 2.24) is 4.98 Å². The number of nitrogens with zero attached hydrogens (tertiary/aromatic N) is 1. The zero-order valence-electron chi connectivity index (χ0n) is 9.34. The fourth-order valence-electron chi connectivity index (χ4n) is 1.51. The summed E-state index contributed by atoms with van der Waals surface area (Å²) in [6.45, 7) is 2.00. The predicted molar refractivity (Wildman–Crippen MR) is 65.7 cm³/mol. The molecule has 1 aromatic heterocycles. The molecule has 4 heteroatoms. The van der Waals surface area contributed by atoms with E-state index in [9.17, 15) is 4.79 Å². The molecule has 0 amide bonds. The maximum atomic E-state index is 10.8. The molecule has 0 unspecified atom stereocenters. The first-order valence-electron chi connectivity index (χ1n) is 5.18. The fourth-order valence-corrected chi connectivity index (χ4v) is 1.51. The van der Waals surface area contributed by atoms with Crippen LogP contribution in [0, 0.1) is 6.92 Å². The number of pyridine rings is 1. The van der Waals surface area contributed by atoms with E-state index in [0.29, 0.717) is 5.69 Å². The van der Waals surface area contributed by atoms with E-state index < -0.39 is 5.97 Å². The van der Waals surface area contributed by atoms with Gasteiger partial charge in [0.15, 0.2) is 0 Å². The minimum atomic E-state index is -1.03. The number of benzene rings is 1. The summed E-state index contributed by atoms with van der Waals surface area (Å²) < 4.78 is 0. The minimum absolute atomic E-state index is 0.0302. The molecule has 2 N–H and O–H groups in total. The molecule has 0 atom stereocenters. The second kappa shape index (κ2) is 4.65. The summed E-state index contributed by atoms with van der Waals surface area (Å²) in [5.74, 6) is -1.03. The fraction of sp³-hybridized carbons (Fsp3) is 0.0769. The summed E-state index contributed by atoms with van der Waals surface area (Å²) in [4.78, 5) is 14.5. The topological polar surface area (TPSA) is 62.2 Å². The largest absolute Gasteiger partial charge is 0.477 e. The van der Waals surface area contributed by atoms with E-state index in [0.717, 1.165) is 11.3 Å². The van der Waals surface area contributed by atoms with E-state index >= 15 is 0 Å². The highest BCUT2D eigenvalue weighted by atomic mass is 16.4. The Hall–Kier alpha value is -2.36. The van der Waals surface area contributed by atoms with E-state index in [-0.39, 0.29) is 5.69 Å². The molecule has 0 spiro atoms. The van der Waals surface area contributed by atoms with E-state index in [2.05, 4.69) is 10.3 Å². The molecule has 0 aliphatic heterocycles. The molecule has 1 heterocycles. The molecule has 86 valence electrons. The van der Waals surface area contributed by atoms with Crippen LogP contribution in [0.4, 0.5) is 11.4 Å². The molecular formula is C13H12N2O2. The lowest BCUT2D eigenvalue weighted by Crippen LogP contribution is -2.01. The SMILES string of the molecule is Cc1cccc(Nc2ccnc(C(=O)O)c2)c1. The molecule has 0 saturated heterocycles. The van der Waals surface area contributed by atoms with Crippen LogP contribution in [0.5, 0.6) is 0 Å². The highest BCUT2D eigenvalue weighted by molar-refractivity contribution is 5.86. The third-order valence-corrected chi connectivity index (χ3v) is 2.29. The molecule has 0 aliphatic rings. The Balaban J connectivity index is 2.24. The Morgan fingerprint density at radius 1 is 1.24 bits per heavy atom. The van der Waals surface area contributed by atoms with Crippen LogP contribution in [-0.2, 0) is 0 Å². The van der Waals surface area contributed by atoms with Crippen LogP contribution in [-0.4, -0.2) is 16.1 Å². The Bertz CT molecular complexity index is 553. The van der Waals surface area contributed by atoms with Crippen molar-refractivity contribution in [3.63, 3.8) is 0 Å². The minimum Gasteiger partial charge on any atom is -0.477 e. The highest BCUT2D eigenvalue weighted by Crippen LogP contribution is 2.17. The van der Waals surface area contributed by atoms with E-state index in [1.165, 1.54) is 12.3 Å². The predicted octanol–water partition coefficient (Wildman–Crippen LogP) is 2.83. The van der Waals surface area contributed by atoms with Crippen molar-refractivity contribution in [1.29, 1.82) is 0 Å². The van der Waals surface area contributed by atoms with Gasteiger partial charge in [-0.15, -0.1) is 0 Å². The van der Waals surface area contributed by atoms with Crippen LogP contribution in [0.15, 0.2) is 42.6 Å². The number of hydrogen-bond donors (Lipinski definition) is 2. The van der Waals surface area contributed by atoms with Gasteiger partial charge in [0.25, 0.3) is 0 Å². The Labute approximate surface area is 98.9 Å². The van der Waals surface area contributed by atoms with Crippen molar-refractivity contribution in [2.45, 2.75) is 6.92 Å². The van der Waals surface area contributed by atoms with E-state index in [4.69, 9.17) is 5.11 Å². The molecular weight excluding hydrogens is 216 g/mol. The van der Waals surface area contributed by atoms with Crippen molar-refractivity contribution in [2.75, 3.05) is 5.32 Å². The van der Waals surface area contributed by atoms with Crippen molar-refractivity contribution in [3.8, 4) is 0 Å². The number of anilines is 2. The molecule has 4 nitrogen and oxygen atoms in total. The van der Waals surface area contributed by atoms with Crippen LogP contribution < -0.4 is 5.32 Å². The summed E-state index contributed by atoms with van der Waals surface area (Å²) in [5.41, 5.74) is 2.81. The lowest BCUT2D eigenvalue weighted by Gasteiger charge is -2.07. The van der Waals surface area contributed by atoms with Gasteiger partial charge in [-0.3, -0.25) is 0 Å². The van der Waals surface area contributed by atoms with Gasteiger partial charge in [-0.1, -0.05) is 12.1 Å². The van der Waals surface area contributed by atoms with Crippen molar-refractivity contribution < 1.29 is 9.90 Å². The number of carbonyl (C=O) groups is 1. The summed E-state index contributed by atoms with van der Waals surface area (Å²) >= 11 is 0. The van der Waals surface area contributed by atoms with Gasteiger partial charge in [0, 0.05) is 17.6 Å². The highest BCUT2D eigenvalue weighted by Gasteiger charge is 2.04. The van der Waals surface area contributed by atoms with Gasteiger partial charge in [-0.2, -0.15) is 0 Å². The van der Waals surface area contributed by atoms with Crippen LogP contribution in [0.3, 0.4) is 0 Å². The van der Waals surface area contributed by atoms with Gasteiger partial charge in [0.2, 0.25) is 0 Å². The average molecular weight is 228 g/mol. The number of carboxylic acids is 1. The number of aryl methyl sites for hydroxylation is 1. The normalized spacial score (nSPS) is 9.94. The lowest BCUT2D eigenvalue weighted by atomic mass is 10.2. The third-order valence-electron chi connectivity index (χ3n) is 2.29. The van der Waals surface area contributed by atoms with E-state index in [1.807, 2.05) is 31.2 Å². The molecule has 2 rings (SSSR count). The second-order valence-electron chi connectivity index (χ2n) is 3.73. The Kier molecular flexibility index (Phi) is 3.05. The standard InChI is InChI=1S/C13H12N2O2/c1-9-3-2-4-10(7-9)15-11-5-6-14-12(8-11)13(16)17/h2-8H,1H3,(H,14,15)(H,16,17). The van der Waals surface area contributed by atoms with Gasteiger partial charge in [0.1, 0.15) is 5.69 Å². The number of rotatable bonds is 3. The van der Waals surface area contributed by atoms with Crippen LogP contribution in [0.1, 0.15) is 16.1 Å². The van der Waals surface area contributed by atoms with Gasteiger partial charge < -0.3 is 10.4 Å². The first-order valence-corrected chi connectivity index (χ1v) is 5.18. The zero-order valence-corrected chi connectivity index (χ0v) is 9.34. The number of nitrogens with one attached hydrogen (secondary N) is 1. The quantitative estimate of drug-likeness (QED) is 0.847. The van der Waals surface area contributed by atoms with Crippen LogP contribution in [0.25, 0.3) is 0 Å². The summed E-state index contributed by atoms with van der Waals surface area (Å²) in [6, 6.07) is 11.1. The maximum Gasteiger partial charge on any atom is 0.354 e. The lowest BCUT2D eigenvalue weighted by molar-refractivity contribution is 0.0690. The molecule has 0 bridgehead atoms. The van der Waals surface area contributed by atoms with Gasteiger partial charge in [-0.25, -0.2) is 9.78 Å². The number of carboxylic acid groups (broad SMARTS) is 1. The molecule has 0 radical (unpaired) electrons. The number of hydrogen-bond acceptors (Lipinski definition) is 3. The second-order valence-corrected chi connectivity index (χ2v) is 3.73. The van der Waals surface area contributed by atoms with Gasteiger partial charge >= 0.3 is 5.97 Å². The molecule has 0 saturated carbocycles. The monoisotopic (exact) mass is 228 g/mol. The third kappa shape index (κ3) is 2.81. The summed E-state index contributed by atoms with van der Waals surface area (Å²) in [5, 5.41) is 12.0. The first-order chi connectivity index (χ1) is 8.15.